The van der Waals surface area contributed by atoms with Gasteiger partial charge in [0.1, 0.15) is 11.6 Å². The number of benzene rings is 1. The van der Waals surface area contributed by atoms with Crippen molar-refractivity contribution in [2.24, 2.45) is 5.41 Å². The monoisotopic (exact) mass is 449 g/mol. The van der Waals surface area contributed by atoms with Crippen LogP contribution in [0, 0.1) is 17.0 Å². The third-order valence-corrected chi connectivity index (χ3v) is 7.72. The number of fused-ring (bicyclic) bond motifs is 5. The van der Waals surface area contributed by atoms with E-state index in [0.717, 1.165) is 29.7 Å². The first-order chi connectivity index (χ1) is 15.8. The molecule has 1 N–H and O–H groups in total. The van der Waals surface area contributed by atoms with Crippen molar-refractivity contribution in [2.75, 3.05) is 6.61 Å². The molecule has 2 aliphatic rings. The zero-order valence-corrected chi connectivity index (χ0v) is 18.6. The fourth-order valence-corrected chi connectivity index (χ4v) is 6.04. The Labute approximate surface area is 190 Å². The number of rotatable bonds is 6. The van der Waals surface area contributed by atoms with Crippen molar-refractivity contribution in [3.05, 3.63) is 76.7 Å². The normalized spacial score (nSPS) is 22.4. The van der Waals surface area contributed by atoms with Gasteiger partial charge in [-0.25, -0.2) is 8.78 Å². The molecular formula is C26H25F2N3O2. The van der Waals surface area contributed by atoms with E-state index in [1.807, 2.05) is 6.07 Å². The Bertz CT molecular complexity index is 1240. The van der Waals surface area contributed by atoms with Crippen molar-refractivity contribution in [1.82, 2.24) is 15.2 Å². The van der Waals surface area contributed by atoms with Gasteiger partial charge in [0.25, 0.3) is 0 Å². The van der Waals surface area contributed by atoms with Gasteiger partial charge in [-0.2, -0.15) is 5.10 Å². The van der Waals surface area contributed by atoms with Crippen molar-refractivity contribution < 1.29 is 18.7 Å². The molecule has 5 nitrogen and oxygen atoms in total. The number of nitrogens with zero attached hydrogens (tertiary/aromatic N) is 3. The fraction of sp³-hybridized carbons (Fsp3) is 0.385. The first-order valence-electron chi connectivity index (χ1n) is 11.2. The molecule has 0 radical (unpaired) electrons. The molecule has 33 heavy (non-hydrogen) atoms. The van der Waals surface area contributed by atoms with Crippen LogP contribution in [0.2, 0.25) is 0 Å². The maximum absolute atomic E-state index is 14.4. The van der Waals surface area contributed by atoms with Gasteiger partial charge in [-0.3, -0.25) is 9.78 Å². The number of pyridine rings is 1. The Balaban J connectivity index is 1.63. The molecule has 1 saturated carbocycles. The molecule has 0 spiro atoms. The molecule has 2 atom stereocenters. The van der Waals surface area contributed by atoms with Crippen LogP contribution in [0.5, 0.6) is 0 Å². The van der Waals surface area contributed by atoms with E-state index in [-0.39, 0.29) is 41.4 Å². The third-order valence-electron chi connectivity index (χ3n) is 7.72. The van der Waals surface area contributed by atoms with Gasteiger partial charge in [0.05, 0.1) is 17.0 Å². The highest BCUT2D eigenvalue weighted by atomic mass is 19.1. The second kappa shape index (κ2) is 7.76. The minimum Gasteiger partial charge on any atom is -0.396 e. The molecule has 0 saturated heterocycles. The van der Waals surface area contributed by atoms with Crippen LogP contribution in [0.25, 0.3) is 11.3 Å². The molecule has 170 valence electrons. The Kier molecular flexibility index (Phi) is 5.12. The zero-order valence-electron chi connectivity index (χ0n) is 18.6. The highest BCUT2D eigenvalue weighted by molar-refractivity contribution is 5.96. The van der Waals surface area contributed by atoms with Crippen molar-refractivity contribution in [1.29, 1.82) is 0 Å². The summed E-state index contributed by atoms with van der Waals surface area (Å²) >= 11 is 0. The van der Waals surface area contributed by atoms with Crippen molar-refractivity contribution in [3.63, 3.8) is 0 Å². The topological polar surface area (TPSA) is 76.0 Å². The summed E-state index contributed by atoms with van der Waals surface area (Å²) in [5.41, 5.74) is 2.46. The predicted octanol–water partition coefficient (Wildman–Crippen LogP) is 4.98. The van der Waals surface area contributed by atoms with Crippen LogP contribution in [-0.4, -0.2) is 32.7 Å². The Morgan fingerprint density at radius 1 is 1.15 bits per heavy atom. The van der Waals surface area contributed by atoms with Gasteiger partial charge in [-0.1, -0.05) is 19.9 Å². The van der Waals surface area contributed by atoms with Crippen LogP contribution >= 0.6 is 0 Å². The number of aliphatic hydroxyl groups excluding tert-OH is 1. The van der Waals surface area contributed by atoms with Gasteiger partial charge in [0.15, 0.2) is 5.78 Å². The summed E-state index contributed by atoms with van der Waals surface area (Å²) in [6, 6.07) is 7.43. The quantitative estimate of drug-likeness (QED) is 0.538. The van der Waals surface area contributed by atoms with E-state index >= 15 is 0 Å². The highest BCUT2D eigenvalue weighted by Crippen LogP contribution is 2.69. The number of ketones is 1. The van der Waals surface area contributed by atoms with Crippen molar-refractivity contribution in [2.45, 2.75) is 50.9 Å². The van der Waals surface area contributed by atoms with E-state index in [1.54, 1.807) is 18.5 Å². The number of Topliss-reactive ketones (excluding diaryl/α,β-unsaturated/α-hetero) is 1. The summed E-state index contributed by atoms with van der Waals surface area (Å²) in [5.74, 6) is -1.25. The minimum absolute atomic E-state index is 0.0363. The molecule has 1 aromatic carbocycles. The van der Waals surface area contributed by atoms with E-state index in [1.165, 1.54) is 18.2 Å². The lowest BCUT2D eigenvalue weighted by atomic mass is 9.64. The Hall–Kier alpha value is -3.06. The molecule has 5 rings (SSSR count). The summed E-state index contributed by atoms with van der Waals surface area (Å²) < 4.78 is 28.8. The van der Waals surface area contributed by atoms with Gasteiger partial charge in [0.2, 0.25) is 0 Å². The molecule has 2 aliphatic carbocycles. The van der Waals surface area contributed by atoms with Crippen LogP contribution in [0.3, 0.4) is 0 Å². The fourth-order valence-electron chi connectivity index (χ4n) is 6.04. The van der Waals surface area contributed by atoms with E-state index < -0.39 is 17.0 Å². The molecular weight excluding hydrogens is 424 g/mol. The van der Waals surface area contributed by atoms with Gasteiger partial charge in [-0.05, 0) is 66.0 Å². The molecule has 1 fully saturated rings. The maximum Gasteiger partial charge on any atom is 0.164 e. The van der Waals surface area contributed by atoms with Gasteiger partial charge < -0.3 is 5.11 Å². The standard InChI is InChI=1S/C26H25F2N3O2/c1-25(2)18-8-9-26(25,16-11-15(13-29-14-16)22(33)7-4-10-32)24-17(18)12-21(30-31-24)23-19(27)5-3-6-20(23)28/h3,5-6,11-14,18,32H,4,7-10H2,1-2H3/t18-,26-/m0/s1. The maximum atomic E-state index is 14.4. The summed E-state index contributed by atoms with van der Waals surface area (Å²) in [5, 5.41) is 17.9. The molecule has 7 heteroatoms. The molecule has 2 bridgehead atoms. The number of carbonyl (C=O) groups excluding carboxylic acids is 1. The van der Waals surface area contributed by atoms with Gasteiger partial charge >= 0.3 is 0 Å². The predicted molar refractivity (Wildman–Crippen MR) is 119 cm³/mol. The average molecular weight is 450 g/mol. The number of aliphatic hydroxyl groups is 1. The lowest BCUT2D eigenvalue weighted by molar-refractivity contribution is 0.0970. The largest absolute Gasteiger partial charge is 0.396 e. The molecule has 2 heterocycles. The summed E-state index contributed by atoms with van der Waals surface area (Å²) in [6.07, 6.45) is 5.74. The smallest absolute Gasteiger partial charge is 0.164 e. The van der Waals surface area contributed by atoms with E-state index in [0.29, 0.717) is 12.0 Å². The van der Waals surface area contributed by atoms with Crippen LogP contribution in [-0.2, 0) is 5.41 Å². The first-order valence-corrected chi connectivity index (χ1v) is 11.2. The minimum atomic E-state index is -0.667. The molecule has 2 aromatic heterocycles. The van der Waals surface area contributed by atoms with Crippen molar-refractivity contribution >= 4 is 5.78 Å². The van der Waals surface area contributed by atoms with Crippen LogP contribution in [0.1, 0.15) is 72.6 Å². The Morgan fingerprint density at radius 2 is 1.91 bits per heavy atom. The number of aromatic nitrogens is 3. The Morgan fingerprint density at radius 3 is 2.64 bits per heavy atom. The first kappa shape index (κ1) is 21.8. The number of hydrogen-bond acceptors (Lipinski definition) is 5. The molecule has 0 amide bonds. The molecule has 0 unspecified atom stereocenters. The number of hydrogen-bond donors (Lipinski definition) is 1. The van der Waals surface area contributed by atoms with Gasteiger partial charge in [-0.15, -0.1) is 5.10 Å². The summed E-state index contributed by atoms with van der Waals surface area (Å²) in [6.45, 7) is 4.32. The SMILES string of the molecule is CC1(C)[C@H]2CC[C@]1(c1cncc(C(=O)CCCO)c1)c1nnc(-c3c(F)cccc3F)cc12. The molecule has 3 aromatic rings. The molecule has 0 aliphatic heterocycles. The van der Waals surface area contributed by atoms with E-state index in [4.69, 9.17) is 5.11 Å². The lowest BCUT2D eigenvalue weighted by Crippen LogP contribution is -2.37. The lowest BCUT2D eigenvalue weighted by Gasteiger charge is -2.38. The van der Waals surface area contributed by atoms with E-state index in [9.17, 15) is 13.6 Å². The number of carbonyl (C=O) groups is 1. The van der Waals surface area contributed by atoms with Crippen LogP contribution in [0.15, 0.2) is 42.7 Å². The third kappa shape index (κ3) is 3.05. The number of halogens is 2. The highest BCUT2D eigenvalue weighted by Gasteiger charge is 2.64. The second-order valence-electron chi connectivity index (χ2n) is 9.56. The average Bonchev–Trinajstić information content (AvgIpc) is 3.18. The van der Waals surface area contributed by atoms with Crippen molar-refractivity contribution in [3.8, 4) is 11.3 Å². The summed E-state index contributed by atoms with van der Waals surface area (Å²) in [4.78, 5) is 17.0. The summed E-state index contributed by atoms with van der Waals surface area (Å²) in [7, 11) is 0. The second-order valence-corrected chi connectivity index (χ2v) is 9.56. The van der Waals surface area contributed by atoms with Crippen LogP contribution < -0.4 is 0 Å². The van der Waals surface area contributed by atoms with E-state index in [2.05, 4.69) is 29.0 Å². The van der Waals surface area contributed by atoms with Crippen LogP contribution in [0.4, 0.5) is 8.78 Å². The van der Waals surface area contributed by atoms with Gasteiger partial charge in [0, 0.05) is 36.4 Å². The zero-order chi connectivity index (χ0) is 23.4.